The van der Waals surface area contributed by atoms with E-state index >= 15 is 0 Å². The van der Waals surface area contributed by atoms with Gasteiger partial charge in [-0.2, -0.15) is 0 Å². The Hall–Kier alpha value is -0.480. The molecule has 0 aliphatic heterocycles. The van der Waals surface area contributed by atoms with Gasteiger partial charge in [0.1, 0.15) is 0 Å². The van der Waals surface area contributed by atoms with E-state index in [1.807, 2.05) is 0 Å². The lowest BCUT2D eigenvalue weighted by Gasteiger charge is -2.10. The first kappa shape index (κ1) is 23.5. The molecule has 0 N–H and O–H groups in total. The van der Waals surface area contributed by atoms with Gasteiger partial charge in [-0.05, 0) is 24.8 Å². The first-order valence-electron chi connectivity index (χ1n) is 11.2. The van der Waals surface area contributed by atoms with E-state index in [-0.39, 0.29) is 0 Å². The summed E-state index contributed by atoms with van der Waals surface area (Å²) in [5.74, 6) is 0.961. The molecule has 0 bridgehead atoms. The van der Waals surface area contributed by atoms with Crippen LogP contribution in [0.15, 0.2) is 18.4 Å². The highest BCUT2D eigenvalue weighted by molar-refractivity contribution is 4.74. The van der Waals surface area contributed by atoms with E-state index in [0.29, 0.717) is 0 Å². The number of unbranched alkanes of at least 4 members (excludes halogenated alkanes) is 14. The predicted octanol–water partition coefficient (Wildman–Crippen LogP) is 9.01. The first-order chi connectivity index (χ1) is 11.8. The molecule has 0 radical (unpaired) electrons. The lowest BCUT2D eigenvalue weighted by atomic mass is 9.97. The fraction of sp³-hybridized carbons (Fsp3) is 0.875. The van der Waals surface area contributed by atoms with Gasteiger partial charge in [-0.3, -0.25) is 0 Å². The summed E-state index contributed by atoms with van der Waals surface area (Å²) >= 11 is 0. The molecular weight excluding hydrogens is 288 g/mol. The molecule has 142 valence electrons. The van der Waals surface area contributed by atoms with Gasteiger partial charge in [0.15, 0.2) is 0 Å². The molecule has 0 amide bonds. The molecule has 1 atom stereocenters. The van der Waals surface area contributed by atoms with Crippen LogP contribution in [0.2, 0.25) is 0 Å². The summed E-state index contributed by atoms with van der Waals surface area (Å²) in [7, 11) is 0. The number of hydrogen-bond donors (Lipinski definition) is 0. The molecule has 0 aromatic rings. The highest BCUT2D eigenvalue weighted by Crippen LogP contribution is 2.17. The quantitative estimate of drug-likeness (QED) is 0.163. The highest BCUT2D eigenvalue weighted by atomic mass is 14.1. The van der Waals surface area contributed by atoms with Crippen LogP contribution in [0.3, 0.4) is 0 Å². The zero-order valence-electron chi connectivity index (χ0n) is 17.1. The highest BCUT2D eigenvalue weighted by Gasteiger charge is 2.01. The second-order valence-electron chi connectivity index (χ2n) is 7.83. The van der Waals surface area contributed by atoms with Gasteiger partial charge in [-0.1, -0.05) is 123 Å². The summed E-state index contributed by atoms with van der Waals surface area (Å²) in [4.78, 5) is 0. The van der Waals surface area contributed by atoms with Crippen molar-refractivity contribution < 1.29 is 0 Å². The van der Waals surface area contributed by atoms with Gasteiger partial charge in [0, 0.05) is 0 Å². The molecule has 0 nitrogen and oxygen atoms in total. The third kappa shape index (κ3) is 19.6. The van der Waals surface area contributed by atoms with Crippen LogP contribution in [0.1, 0.15) is 129 Å². The molecule has 0 spiro atoms. The summed E-state index contributed by atoms with van der Waals surface area (Å²) in [6.07, 6.45) is 27.7. The van der Waals surface area contributed by atoms with Crippen LogP contribution >= 0.6 is 0 Å². The summed E-state index contributed by atoms with van der Waals surface area (Å²) in [6.45, 7) is 8.34. The maximum absolute atomic E-state index is 3.60. The molecule has 0 saturated carbocycles. The van der Waals surface area contributed by atoms with Crippen LogP contribution < -0.4 is 0 Å². The van der Waals surface area contributed by atoms with E-state index in [1.165, 1.54) is 116 Å². The van der Waals surface area contributed by atoms with Gasteiger partial charge in [0.25, 0.3) is 0 Å². The number of rotatable bonds is 19. The number of allylic oxidation sites excluding steroid dienone is 1. The fourth-order valence-electron chi connectivity index (χ4n) is 3.48. The van der Waals surface area contributed by atoms with Crippen molar-refractivity contribution in [2.24, 2.45) is 5.92 Å². The Kier molecular flexibility index (Phi) is 20.2. The maximum Gasteiger partial charge on any atom is -0.0275 e. The Morgan fingerprint density at radius 2 is 1.08 bits per heavy atom. The molecule has 0 heterocycles. The Morgan fingerprint density at radius 3 is 1.54 bits per heavy atom. The average Bonchev–Trinajstić information content (AvgIpc) is 2.59. The van der Waals surface area contributed by atoms with Gasteiger partial charge < -0.3 is 0 Å². The zero-order chi connectivity index (χ0) is 17.7. The van der Waals surface area contributed by atoms with Crippen molar-refractivity contribution in [3.05, 3.63) is 18.4 Å². The molecule has 0 saturated heterocycles. The van der Waals surface area contributed by atoms with Gasteiger partial charge in [-0.15, -0.1) is 5.73 Å². The second-order valence-corrected chi connectivity index (χ2v) is 7.83. The minimum absolute atomic E-state index is 0.961. The summed E-state index contributed by atoms with van der Waals surface area (Å²) in [5.41, 5.74) is 2.85. The largest absolute Gasteiger partial charge is 0.133 e. The standard InChI is InChI=1S/C24H46/c1-4-6-8-9-10-11-12-13-14-15-16-17-18-19-20-21-23-24(3)22-7-5-2/h6,24H,1,5,7-23H2,2-3H3. The van der Waals surface area contributed by atoms with Gasteiger partial charge in [0.2, 0.25) is 0 Å². The van der Waals surface area contributed by atoms with Crippen molar-refractivity contribution in [3.63, 3.8) is 0 Å². The molecule has 0 fully saturated rings. The molecule has 0 rings (SSSR count). The smallest absolute Gasteiger partial charge is 0.0275 e. The van der Waals surface area contributed by atoms with Crippen molar-refractivity contribution in [2.45, 2.75) is 129 Å². The molecule has 0 aliphatic carbocycles. The van der Waals surface area contributed by atoms with Crippen molar-refractivity contribution in [3.8, 4) is 0 Å². The van der Waals surface area contributed by atoms with E-state index in [0.717, 1.165) is 5.92 Å². The maximum atomic E-state index is 3.60. The molecule has 0 aliphatic rings. The minimum Gasteiger partial charge on any atom is -0.133 e. The molecule has 0 aromatic carbocycles. The molecule has 0 aromatic heterocycles. The van der Waals surface area contributed by atoms with Crippen LogP contribution in [0, 0.1) is 5.92 Å². The van der Waals surface area contributed by atoms with E-state index in [4.69, 9.17) is 0 Å². The Bertz CT molecular complexity index is 272. The van der Waals surface area contributed by atoms with E-state index in [1.54, 1.807) is 0 Å². The Balaban J connectivity index is 3.06. The minimum atomic E-state index is 0.961. The summed E-state index contributed by atoms with van der Waals surface area (Å²) in [6, 6.07) is 0. The third-order valence-corrected chi connectivity index (χ3v) is 5.24. The van der Waals surface area contributed by atoms with Crippen molar-refractivity contribution in [1.82, 2.24) is 0 Å². The first-order valence-corrected chi connectivity index (χ1v) is 11.2. The SMILES string of the molecule is C=C=CCCCCCCCCCCCCCCCC(C)CCCC. The van der Waals surface area contributed by atoms with Crippen LogP contribution in [0.5, 0.6) is 0 Å². The summed E-state index contributed by atoms with van der Waals surface area (Å²) < 4.78 is 0. The number of hydrogen-bond acceptors (Lipinski definition) is 0. The van der Waals surface area contributed by atoms with Crippen molar-refractivity contribution in [1.29, 1.82) is 0 Å². The lowest BCUT2D eigenvalue weighted by Crippen LogP contribution is -1.94. The monoisotopic (exact) mass is 334 g/mol. The molecular formula is C24H46. The Labute approximate surface area is 154 Å². The third-order valence-electron chi connectivity index (χ3n) is 5.24. The predicted molar refractivity (Wildman–Crippen MR) is 112 cm³/mol. The van der Waals surface area contributed by atoms with Gasteiger partial charge in [0.05, 0.1) is 0 Å². The van der Waals surface area contributed by atoms with Gasteiger partial charge in [-0.25, -0.2) is 0 Å². The second kappa shape index (κ2) is 20.6. The van der Waals surface area contributed by atoms with Gasteiger partial charge >= 0.3 is 0 Å². The topological polar surface area (TPSA) is 0 Å². The molecule has 1 unspecified atom stereocenters. The molecule has 24 heavy (non-hydrogen) atoms. The van der Waals surface area contributed by atoms with Crippen molar-refractivity contribution >= 4 is 0 Å². The summed E-state index contributed by atoms with van der Waals surface area (Å²) in [5, 5.41) is 0. The normalized spacial score (nSPS) is 12.1. The fourth-order valence-corrected chi connectivity index (χ4v) is 3.48. The molecule has 0 heteroatoms. The Morgan fingerprint density at radius 1 is 0.667 bits per heavy atom. The average molecular weight is 335 g/mol. The van der Waals surface area contributed by atoms with Crippen LogP contribution in [-0.4, -0.2) is 0 Å². The van der Waals surface area contributed by atoms with Crippen LogP contribution in [-0.2, 0) is 0 Å². The van der Waals surface area contributed by atoms with Crippen molar-refractivity contribution in [2.75, 3.05) is 0 Å². The van der Waals surface area contributed by atoms with E-state index in [9.17, 15) is 0 Å². The van der Waals surface area contributed by atoms with E-state index in [2.05, 4.69) is 32.2 Å². The zero-order valence-corrected chi connectivity index (χ0v) is 17.1. The van der Waals surface area contributed by atoms with Crippen LogP contribution in [0.4, 0.5) is 0 Å². The van der Waals surface area contributed by atoms with Crippen LogP contribution in [0.25, 0.3) is 0 Å². The van der Waals surface area contributed by atoms with E-state index < -0.39 is 0 Å². The lowest BCUT2D eigenvalue weighted by molar-refractivity contribution is 0.440.